The maximum Gasteiger partial charge on any atom is 0.257 e. The van der Waals surface area contributed by atoms with Gasteiger partial charge in [-0.25, -0.2) is 4.98 Å². The van der Waals surface area contributed by atoms with Crippen LogP contribution in [0.3, 0.4) is 0 Å². The number of hydrogen-bond donors (Lipinski definition) is 2. The number of allylic oxidation sites excluding steroid dienone is 3. The molecule has 0 saturated carbocycles. The van der Waals surface area contributed by atoms with Crippen LogP contribution in [0.2, 0.25) is 0 Å². The average molecular weight is 257 g/mol. The molecule has 0 radical (unpaired) electrons. The van der Waals surface area contributed by atoms with Gasteiger partial charge in [0.1, 0.15) is 5.82 Å². The molecule has 1 unspecified atom stereocenters. The van der Waals surface area contributed by atoms with E-state index < -0.39 is 0 Å². The number of nitrogen functional groups attached to an aromatic ring is 1. The van der Waals surface area contributed by atoms with Crippen LogP contribution in [0.25, 0.3) is 0 Å². The first-order valence-electron chi connectivity index (χ1n) is 6.39. The second kappa shape index (κ2) is 5.26. The van der Waals surface area contributed by atoms with Crippen LogP contribution >= 0.6 is 0 Å². The maximum absolute atomic E-state index is 12.1. The van der Waals surface area contributed by atoms with Crippen molar-refractivity contribution in [2.45, 2.75) is 27.2 Å². The Morgan fingerprint density at radius 3 is 2.74 bits per heavy atom. The molecule has 1 aromatic rings. The standard InChI is InChI=1S/C15H19N3O/c1-9-6-10(2)14(11(3)7-9)18-15(19)12-4-5-13(16)17-8-12/h4-6,8-9H,7H2,1-3H3,(H2,16,17)(H,18,19). The summed E-state index contributed by atoms with van der Waals surface area (Å²) in [7, 11) is 0. The number of rotatable bonds is 2. The molecule has 2 rings (SSSR count). The van der Waals surface area contributed by atoms with Gasteiger partial charge in [-0.05, 0) is 49.5 Å². The van der Waals surface area contributed by atoms with Gasteiger partial charge < -0.3 is 11.1 Å². The number of hydrogen-bond acceptors (Lipinski definition) is 3. The Balaban J connectivity index is 2.17. The number of carbonyl (C=O) groups excluding carboxylic acids is 1. The highest BCUT2D eigenvalue weighted by atomic mass is 16.1. The van der Waals surface area contributed by atoms with Crippen molar-refractivity contribution in [3.63, 3.8) is 0 Å². The minimum absolute atomic E-state index is 0.149. The van der Waals surface area contributed by atoms with Crippen molar-refractivity contribution in [3.05, 3.63) is 46.8 Å². The summed E-state index contributed by atoms with van der Waals surface area (Å²) in [5, 5.41) is 2.97. The van der Waals surface area contributed by atoms with E-state index in [2.05, 4.69) is 30.2 Å². The lowest BCUT2D eigenvalue weighted by molar-refractivity contribution is 0.0965. The van der Waals surface area contributed by atoms with Crippen molar-refractivity contribution in [2.24, 2.45) is 5.92 Å². The van der Waals surface area contributed by atoms with Gasteiger partial charge in [-0.1, -0.05) is 13.0 Å². The Kier molecular flexibility index (Phi) is 3.69. The highest BCUT2D eigenvalue weighted by molar-refractivity contribution is 5.95. The van der Waals surface area contributed by atoms with Gasteiger partial charge in [0.15, 0.2) is 0 Å². The third-order valence-corrected chi connectivity index (χ3v) is 3.27. The third-order valence-electron chi connectivity index (χ3n) is 3.27. The van der Waals surface area contributed by atoms with Crippen LogP contribution in [-0.4, -0.2) is 10.9 Å². The molecule has 100 valence electrons. The van der Waals surface area contributed by atoms with E-state index in [1.54, 1.807) is 12.1 Å². The van der Waals surface area contributed by atoms with Crippen LogP contribution in [0.15, 0.2) is 41.2 Å². The number of carbonyl (C=O) groups is 1. The van der Waals surface area contributed by atoms with Crippen LogP contribution < -0.4 is 11.1 Å². The normalized spacial score (nSPS) is 19.1. The van der Waals surface area contributed by atoms with Gasteiger partial charge >= 0.3 is 0 Å². The monoisotopic (exact) mass is 257 g/mol. The van der Waals surface area contributed by atoms with Crippen molar-refractivity contribution >= 4 is 11.7 Å². The molecule has 0 fully saturated rings. The molecule has 0 spiro atoms. The number of pyridine rings is 1. The van der Waals surface area contributed by atoms with E-state index in [0.29, 0.717) is 17.3 Å². The lowest BCUT2D eigenvalue weighted by Crippen LogP contribution is -2.26. The van der Waals surface area contributed by atoms with E-state index in [1.165, 1.54) is 11.8 Å². The fraction of sp³-hybridized carbons (Fsp3) is 0.333. The quantitative estimate of drug-likeness (QED) is 0.855. The number of amides is 1. The Bertz CT molecular complexity index is 555. The Morgan fingerprint density at radius 1 is 1.42 bits per heavy atom. The van der Waals surface area contributed by atoms with Gasteiger partial charge in [0.25, 0.3) is 5.91 Å². The van der Waals surface area contributed by atoms with Crippen molar-refractivity contribution < 1.29 is 4.79 Å². The van der Waals surface area contributed by atoms with Gasteiger partial charge in [0.2, 0.25) is 0 Å². The van der Waals surface area contributed by atoms with E-state index in [0.717, 1.165) is 17.7 Å². The molecule has 1 heterocycles. The topological polar surface area (TPSA) is 68.0 Å². The molecule has 4 nitrogen and oxygen atoms in total. The molecule has 1 atom stereocenters. The highest BCUT2D eigenvalue weighted by Crippen LogP contribution is 2.26. The van der Waals surface area contributed by atoms with Crippen LogP contribution in [0.1, 0.15) is 37.6 Å². The predicted octanol–water partition coefficient (Wildman–Crippen LogP) is 2.65. The van der Waals surface area contributed by atoms with Gasteiger partial charge in [-0.3, -0.25) is 4.79 Å². The average Bonchev–Trinajstić information content (AvgIpc) is 2.34. The lowest BCUT2D eigenvalue weighted by Gasteiger charge is -2.22. The van der Waals surface area contributed by atoms with Crippen molar-refractivity contribution in [3.8, 4) is 0 Å². The largest absolute Gasteiger partial charge is 0.384 e. The van der Waals surface area contributed by atoms with Crippen LogP contribution in [0.5, 0.6) is 0 Å². The Labute approximate surface area is 113 Å². The zero-order chi connectivity index (χ0) is 14.0. The Hall–Kier alpha value is -2.10. The van der Waals surface area contributed by atoms with Gasteiger partial charge in [0, 0.05) is 11.9 Å². The molecule has 0 aliphatic heterocycles. The van der Waals surface area contributed by atoms with Crippen molar-refractivity contribution in [1.29, 1.82) is 0 Å². The lowest BCUT2D eigenvalue weighted by atomic mass is 9.90. The highest BCUT2D eigenvalue weighted by Gasteiger charge is 2.17. The summed E-state index contributed by atoms with van der Waals surface area (Å²) in [6.45, 7) is 6.26. The molecular formula is C15H19N3O. The number of nitrogens with two attached hydrogens (primary N) is 1. The molecule has 1 amide bonds. The molecule has 1 aliphatic carbocycles. The molecule has 3 N–H and O–H groups in total. The summed E-state index contributed by atoms with van der Waals surface area (Å²) in [6, 6.07) is 3.31. The predicted molar refractivity (Wildman–Crippen MR) is 76.4 cm³/mol. The first-order chi connectivity index (χ1) is 8.97. The first-order valence-corrected chi connectivity index (χ1v) is 6.39. The molecular weight excluding hydrogens is 238 g/mol. The minimum atomic E-state index is -0.149. The third kappa shape index (κ3) is 3.02. The fourth-order valence-corrected chi connectivity index (χ4v) is 2.42. The summed E-state index contributed by atoms with van der Waals surface area (Å²) in [4.78, 5) is 16.1. The number of nitrogens with one attached hydrogen (secondary N) is 1. The summed E-state index contributed by atoms with van der Waals surface area (Å²) >= 11 is 0. The second-order valence-electron chi connectivity index (χ2n) is 5.11. The van der Waals surface area contributed by atoms with Crippen LogP contribution in [0.4, 0.5) is 5.82 Å². The van der Waals surface area contributed by atoms with Crippen LogP contribution in [0, 0.1) is 5.92 Å². The van der Waals surface area contributed by atoms with Crippen molar-refractivity contribution in [1.82, 2.24) is 10.3 Å². The zero-order valence-electron chi connectivity index (χ0n) is 11.5. The van der Waals surface area contributed by atoms with Crippen molar-refractivity contribution in [2.75, 3.05) is 5.73 Å². The number of nitrogens with zero attached hydrogens (tertiary/aromatic N) is 1. The molecule has 0 saturated heterocycles. The molecule has 1 aromatic heterocycles. The number of anilines is 1. The minimum Gasteiger partial charge on any atom is -0.384 e. The van der Waals surface area contributed by atoms with Gasteiger partial charge in [-0.2, -0.15) is 0 Å². The summed E-state index contributed by atoms with van der Waals surface area (Å²) in [6.07, 6.45) is 4.65. The molecule has 19 heavy (non-hydrogen) atoms. The maximum atomic E-state index is 12.1. The fourth-order valence-electron chi connectivity index (χ4n) is 2.42. The molecule has 0 aromatic carbocycles. The SMILES string of the molecule is CC1=CC(C)CC(C)=C1NC(=O)c1ccc(N)nc1. The summed E-state index contributed by atoms with van der Waals surface area (Å²) < 4.78 is 0. The van der Waals surface area contributed by atoms with E-state index in [4.69, 9.17) is 5.73 Å². The molecule has 4 heteroatoms. The van der Waals surface area contributed by atoms with E-state index in [9.17, 15) is 4.79 Å². The molecule has 0 bridgehead atoms. The zero-order valence-corrected chi connectivity index (χ0v) is 11.5. The Morgan fingerprint density at radius 2 is 2.16 bits per heavy atom. The summed E-state index contributed by atoms with van der Waals surface area (Å²) in [5.41, 5.74) is 9.29. The van der Waals surface area contributed by atoms with Gasteiger partial charge in [0.05, 0.1) is 5.56 Å². The van der Waals surface area contributed by atoms with E-state index >= 15 is 0 Å². The van der Waals surface area contributed by atoms with E-state index in [-0.39, 0.29) is 5.91 Å². The first kappa shape index (κ1) is 13.3. The summed E-state index contributed by atoms with van der Waals surface area (Å²) in [5.74, 6) is 0.789. The smallest absolute Gasteiger partial charge is 0.257 e. The van der Waals surface area contributed by atoms with E-state index in [1.807, 2.05) is 6.92 Å². The van der Waals surface area contributed by atoms with Crippen LogP contribution in [-0.2, 0) is 0 Å². The second-order valence-corrected chi connectivity index (χ2v) is 5.11. The van der Waals surface area contributed by atoms with Gasteiger partial charge in [-0.15, -0.1) is 0 Å². The molecule has 1 aliphatic rings. The number of aromatic nitrogens is 1.